The monoisotopic (exact) mass is 254 g/mol. The molecule has 0 amide bonds. The van der Waals surface area contributed by atoms with E-state index in [0.717, 1.165) is 17.4 Å². The summed E-state index contributed by atoms with van der Waals surface area (Å²) in [5.74, 6) is 0. The maximum atomic E-state index is 4.63. The third-order valence-electron chi connectivity index (χ3n) is 2.90. The zero-order chi connectivity index (χ0) is 12.4. The Morgan fingerprint density at radius 1 is 1.11 bits per heavy atom. The number of benzene rings is 2. The van der Waals surface area contributed by atoms with Crippen molar-refractivity contribution in [2.45, 2.75) is 6.92 Å². The summed E-state index contributed by atoms with van der Waals surface area (Å²) >= 11 is 1.66. The number of fused-ring (bicyclic) bond motifs is 1. The van der Waals surface area contributed by atoms with Crippen LogP contribution in [0.1, 0.15) is 6.92 Å². The first kappa shape index (κ1) is 11.2. The number of hydrogen-bond donors (Lipinski definition) is 1. The third-order valence-corrected chi connectivity index (χ3v) is 3.70. The average Bonchev–Trinajstić information content (AvgIpc) is 2.87. The Morgan fingerprint density at radius 2 is 1.94 bits per heavy atom. The van der Waals surface area contributed by atoms with Gasteiger partial charge in [0, 0.05) is 17.5 Å². The van der Waals surface area contributed by atoms with Crippen molar-refractivity contribution in [3.63, 3.8) is 0 Å². The van der Waals surface area contributed by atoms with Crippen molar-refractivity contribution in [2.75, 3.05) is 11.9 Å². The highest BCUT2D eigenvalue weighted by molar-refractivity contribution is 7.14. The van der Waals surface area contributed by atoms with Crippen LogP contribution in [-0.2, 0) is 0 Å². The van der Waals surface area contributed by atoms with Gasteiger partial charge in [-0.15, -0.1) is 11.3 Å². The lowest BCUT2D eigenvalue weighted by atomic mass is 10.0. The van der Waals surface area contributed by atoms with Gasteiger partial charge in [-0.2, -0.15) is 0 Å². The first-order valence-electron chi connectivity index (χ1n) is 6.06. The zero-order valence-electron chi connectivity index (χ0n) is 10.2. The Hall–Kier alpha value is -1.87. The minimum atomic E-state index is 0.905. The number of nitrogens with zero attached hydrogens (tertiary/aromatic N) is 1. The number of anilines is 1. The van der Waals surface area contributed by atoms with Crippen molar-refractivity contribution in [1.82, 2.24) is 4.98 Å². The van der Waals surface area contributed by atoms with Gasteiger partial charge in [0.25, 0.3) is 0 Å². The molecule has 90 valence electrons. The van der Waals surface area contributed by atoms with Crippen molar-refractivity contribution in [3.05, 3.63) is 47.8 Å². The van der Waals surface area contributed by atoms with Crippen LogP contribution in [0.15, 0.2) is 47.8 Å². The van der Waals surface area contributed by atoms with Gasteiger partial charge in [0.2, 0.25) is 0 Å². The zero-order valence-corrected chi connectivity index (χ0v) is 11.0. The highest BCUT2D eigenvalue weighted by Gasteiger charge is 2.07. The fraction of sp³-hybridized carbons (Fsp3) is 0.133. The molecule has 2 nitrogen and oxygen atoms in total. The molecule has 3 rings (SSSR count). The van der Waals surface area contributed by atoms with E-state index in [0.29, 0.717) is 0 Å². The smallest absolute Gasteiger partial charge is 0.183 e. The van der Waals surface area contributed by atoms with E-state index in [9.17, 15) is 0 Å². The molecule has 0 saturated heterocycles. The second-order valence-corrected chi connectivity index (χ2v) is 4.95. The van der Waals surface area contributed by atoms with Gasteiger partial charge in [-0.05, 0) is 17.7 Å². The molecule has 0 saturated carbocycles. The van der Waals surface area contributed by atoms with Crippen LogP contribution in [0, 0.1) is 0 Å². The van der Waals surface area contributed by atoms with Crippen molar-refractivity contribution in [1.29, 1.82) is 0 Å². The molecule has 0 radical (unpaired) electrons. The summed E-state index contributed by atoms with van der Waals surface area (Å²) in [6.45, 7) is 2.99. The van der Waals surface area contributed by atoms with Crippen LogP contribution in [0.3, 0.4) is 0 Å². The second kappa shape index (κ2) is 4.78. The molecule has 0 aliphatic heterocycles. The maximum Gasteiger partial charge on any atom is 0.183 e. The van der Waals surface area contributed by atoms with Gasteiger partial charge in [0.15, 0.2) is 5.13 Å². The van der Waals surface area contributed by atoms with Gasteiger partial charge >= 0.3 is 0 Å². The minimum absolute atomic E-state index is 0.905. The quantitative estimate of drug-likeness (QED) is 0.749. The Morgan fingerprint density at radius 3 is 2.83 bits per heavy atom. The molecule has 0 atom stereocenters. The largest absolute Gasteiger partial charge is 0.362 e. The van der Waals surface area contributed by atoms with Gasteiger partial charge in [-0.25, -0.2) is 4.98 Å². The summed E-state index contributed by atoms with van der Waals surface area (Å²) in [6, 6.07) is 14.8. The van der Waals surface area contributed by atoms with E-state index < -0.39 is 0 Å². The lowest BCUT2D eigenvalue weighted by Crippen LogP contribution is -1.95. The summed E-state index contributed by atoms with van der Waals surface area (Å²) in [4.78, 5) is 4.63. The highest BCUT2D eigenvalue weighted by atomic mass is 32.1. The summed E-state index contributed by atoms with van der Waals surface area (Å²) in [5, 5.41) is 8.87. The van der Waals surface area contributed by atoms with Gasteiger partial charge in [-0.1, -0.05) is 42.5 Å². The Balaban J connectivity index is 2.12. The molecule has 1 heterocycles. The molecule has 0 bridgehead atoms. The summed E-state index contributed by atoms with van der Waals surface area (Å²) in [6.07, 6.45) is 0. The van der Waals surface area contributed by atoms with E-state index in [4.69, 9.17) is 0 Å². The fourth-order valence-corrected chi connectivity index (χ4v) is 2.86. The minimum Gasteiger partial charge on any atom is -0.362 e. The predicted molar refractivity (Wildman–Crippen MR) is 79.2 cm³/mol. The van der Waals surface area contributed by atoms with Crippen LogP contribution >= 0.6 is 11.3 Å². The molecule has 18 heavy (non-hydrogen) atoms. The van der Waals surface area contributed by atoms with Crippen molar-refractivity contribution < 1.29 is 0 Å². The first-order chi connectivity index (χ1) is 8.88. The number of rotatable bonds is 3. The molecule has 3 aromatic rings. The summed E-state index contributed by atoms with van der Waals surface area (Å²) < 4.78 is 0. The molecule has 1 aromatic heterocycles. The van der Waals surface area contributed by atoms with E-state index >= 15 is 0 Å². The van der Waals surface area contributed by atoms with Gasteiger partial charge < -0.3 is 5.32 Å². The topological polar surface area (TPSA) is 24.9 Å². The molecular formula is C15H14N2S. The van der Waals surface area contributed by atoms with E-state index in [-0.39, 0.29) is 0 Å². The van der Waals surface area contributed by atoms with Gasteiger partial charge in [0.05, 0.1) is 5.69 Å². The highest BCUT2D eigenvalue weighted by Crippen LogP contribution is 2.30. The third kappa shape index (κ3) is 1.97. The molecule has 0 spiro atoms. The van der Waals surface area contributed by atoms with E-state index in [1.807, 2.05) is 0 Å². The van der Waals surface area contributed by atoms with Crippen LogP contribution in [-0.4, -0.2) is 11.5 Å². The number of hydrogen-bond acceptors (Lipinski definition) is 3. The van der Waals surface area contributed by atoms with E-state index in [2.05, 4.69) is 65.1 Å². The Bertz CT molecular complexity index is 668. The van der Waals surface area contributed by atoms with Crippen LogP contribution in [0.5, 0.6) is 0 Å². The summed E-state index contributed by atoms with van der Waals surface area (Å²) in [7, 11) is 0. The van der Waals surface area contributed by atoms with Gasteiger partial charge in [0.1, 0.15) is 0 Å². The molecule has 1 N–H and O–H groups in total. The normalized spacial score (nSPS) is 10.7. The Kier molecular flexibility index (Phi) is 2.99. The number of aromatic nitrogens is 1. The predicted octanol–water partition coefficient (Wildman–Crippen LogP) is 4.40. The van der Waals surface area contributed by atoms with Crippen molar-refractivity contribution in [3.8, 4) is 11.3 Å². The van der Waals surface area contributed by atoms with Crippen LogP contribution in [0.4, 0.5) is 5.13 Å². The van der Waals surface area contributed by atoms with Crippen LogP contribution in [0.25, 0.3) is 22.0 Å². The summed E-state index contributed by atoms with van der Waals surface area (Å²) in [5.41, 5.74) is 2.25. The lowest BCUT2D eigenvalue weighted by molar-refractivity contribution is 1.19. The lowest BCUT2D eigenvalue weighted by Gasteiger charge is -2.03. The maximum absolute atomic E-state index is 4.63. The first-order valence-corrected chi connectivity index (χ1v) is 6.94. The second-order valence-electron chi connectivity index (χ2n) is 4.09. The van der Waals surface area contributed by atoms with Crippen LogP contribution in [0.2, 0.25) is 0 Å². The SMILES string of the molecule is CCNc1nc(-c2cccc3ccccc23)cs1. The van der Waals surface area contributed by atoms with Gasteiger partial charge in [-0.3, -0.25) is 0 Å². The van der Waals surface area contributed by atoms with Crippen molar-refractivity contribution >= 4 is 27.2 Å². The Labute approximate surface area is 110 Å². The standard InChI is InChI=1S/C15H14N2S/c1-2-16-15-17-14(10-18-15)13-9-5-7-11-6-3-4-8-12(11)13/h3-10H,2H2,1H3,(H,16,17). The fourth-order valence-electron chi connectivity index (χ4n) is 2.08. The average molecular weight is 254 g/mol. The molecule has 0 fully saturated rings. The van der Waals surface area contributed by atoms with Crippen molar-refractivity contribution in [2.24, 2.45) is 0 Å². The van der Waals surface area contributed by atoms with E-state index in [1.165, 1.54) is 16.3 Å². The molecule has 0 aliphatic carbocycles. The van der Waals surface area contributed by atoms with E-state index in [1.54, 1.807) is 11.3 Å². The molecule has 2 aromatic carbocycles. The number of thiazole rings is 1. The molecule has 0 unspecified atom stereocenters. The van der Waals surface area contributed by atoms with Crippen LogP contribution < -0.4 is 5.32 Å². The molecular weight excluding hydrogens is 240 g/mol. The molecule has 0 aliphatic rings. The molecule has 3 heteroatoms. The number of nitrogens with one attached hydrogen (secondary N) is 1.